The molecule has 0 spiro atoms. The molecule has 1 heterocycles. The molecule has 0 radical (unpaired) electrons. The number of hydrogen-bond donors (Lipinski definition) is 0. The summed E-state index contributed by atoms with van der Waals surface area (Å²) in [5, 5.41) is 11.7. The van der Waals surface area contributed by atoms with Gasteiger partial charge in [-0.2, -0.15) is 0 Å². The minimum atomic E-state index is -0.484. The molecule has 0 aromatic heterocycles. The van der Waals surface area contributed by atoms with E-state index in [0.29, 0.717) is 5.33 Å². The summed E-state index contributed by atoms with van der Waals surface area (Å²) in [6.45, 7) is 0. The number of aldehydes is 1. The normalized spacial score (nSPS) is 18.9. The Balaban J connectivity index is 2.44. The number of likely N-dealkylation sites (N-methyl/N-ethyl adjacent to an activating group) is 1. The number of anilines is 1. The van der Waals surface area contributed by atoms with Crippen molar-refractivity contribution < 1.29 is 4.79 Å². The van der Waals surface area contributed by atoms with E-state index in [0.717, 1.165) is 22.0 Å². The minimum absolute atomic E-state index is 0.484. The lowest BCUT2D eigenvalue weighted by atomic mass is 10.2. The summed E-state index contributed by atoms with van der Waals surface area (Å²) in [4.78, 5) is 11.1. The standard InChI is InChI=1S/C10H10Br2N4O/c1-15-10(6-17)16(14-13-15)9-4-2-3-8(12)7(9)5-11/h2-4,6,10H,5H2,1H3. The molecule has 0 amide bonds. The fourth-order valence-electron chi connectivity index (χ4n) is 1.60. The third kappa shape index (κ3) is 2.21. The Morgan fingerprint density at radius 2 is 2.24 bits per heavy atom. The number of carbonyl (C=O) groups is 1. The van der Waals surface area contributed by atoms with Gasteiger partial charge < -0.3 is 0 Å². The van der Waals surface area contributed by atoms with E-state index in [1.807, 2.05) is 18.2 Å². The Morgan fingerprint density at radius 3 is 2.88 bits per heavy atom. The molecule has 1 unspecified atom stereocenters. The summed E-state index contributed by atoms with van der Waals surface area (Å²) in [6, 6.07) is 5.77. The fourth-order valence-corrected chi connectivity index (χ4v) is 3.06. The minimum Gasteiger partial charge on any atom is -0.299 e. The largest absolute Gasteiger partial charge is 0.299 e. The summed E-state index contributed by atoms with van der Waals surface area (Å²) in [5.41, 5.74) is 1.90. The molecule has 0 fully saturated rings. The highest BCUT2D eigenvalue weighted by molar-refractivity contribution is 9.10. The molecule has 1 aliphatic rings. The molecule has 0 aliphatic carbocycles. The van der Waals surface area contributed by atoms with Gasteiger partial charge in [-0.1, -0.05) is 43.1 Å². The van der Waals surface area contributed by atoms with Gasteiger partial charge in [0.2, 0.25) is 0 Å². The second kappa shape index (κ2) is 5.14. The van der Waals surface area contributed by atoms with Crippen LogP contribution in [0.4, 0.5) is 5.69 Å². The number of alkyl halides is 1. The van der Waals surface area contributed by atoms with Gasteiger partial charge in [0.15, 0.2) is 12.5 Å². The number of benzene rings is 1. The SMILES string of the molecule is CN1N=NN(c2cccc(Br)c2CBr)C1C=O. The molecule has 2 rings (SSSR count). The van der Waals surface area contributed by atoms with Crippen LogP contribution in [0.2, 0.25) is 0 Å². The first kappa shape index (κ1) is 12.5. The van der Waals surface area contributed by atoms with Gasteiger partial charge in [0.25, 0.3) is 0 Å². The average Bonchev–Trinajstić information content (AvgIpc) is 2.69. The zero-order valence-corrected chi connectivity index (χ0v) is 12.2. The van der Waals surface area contributed by atoms with Crippen molar-refractivity contribution in [2.24, 2.45) is 10.4 Å². The summed E-state index contributed by atoms with van der Waals surface area (Å²) in [7, 11) is 1.72. The van der Waals surface area contributed by atoms with Crippen molar-refractivity contribution in [2.45, 2.75) is 11.5 Å². The number of nitrogens with zero attached hydrogens (tertiary/aromatic N) is 4. The molecular formula is C10H10Br2N4O. The number of carbonyl (C=O) groups excluding carboxylic acids is 1. The van der Waals surface area contributed by atoms with Crippen LogP contribution in [-0.4, -0.2) is 24.5 Å². The van der Waals surface area contributed by atoms with Gasteiger partial charge in [0.1, 0.15) is 0 Å². The predicted molar refractivity (Wildman–Crippen MR) is 71.7 cm³/mol. The molecule has 1 aromatic rings. The highest BCUT2D eigenvalue weighted by Crippen LogP contribution is 2.33. The Kier molecular flexibility index (Phi) is 3.78. The Morgan fingerprint density at radius 1 is 1.47 bits per heavy atom. The first-order chi connectivity index (χ1) is 8.19. The van der Waals surface area contributed by atoms with E-state index < -0.39 is 6.17 Å². The molecule has 0 N–H and O–H groups in total. The van der Waals surface area contributed by atoms with E-state index in [9.17, 15) is 4.79 Å². The molecule has 0 saturated heterocycles. The van der Waals surface area contributed by atoms with Crippen molar-refractivity contribution in [3.05, 3.63) is 28.2 Å². The average molecular weight is 362 g/mol. The molecule has 17 heavy (non-hydrogen) atoms. The number of halogens is 2. The van der Waals surface area contributed by atoms with E-state index >= 15 is 0 Å². The lowest BCUT2D eigenvalue weighted by molar-refractivity contribution is -0.111. The lowest BCUT2D eigenvalue weighted by Gasteiger charge is -2.22. The second-order valence-electron chi connectivity index (χ2n) is 3.52. The Labute approximate surface area is 116 Å². The summed E-state index contributed by atoms with van der Waals surface area (Å²) < 4.78 is 0.973. The van der Waals surface area contributed by atoms with Crippen LogP contribution in [0.3, 0.4) is 0 Å². The molecule has 1 aromatic carbocycles. The highest BCUT2D eigenvalue weighted by atomic mass is 79.9. The van der Waals surface area contributed by atoms with Crippen molar-refractivity contribution in [3.63, 3.8) is 0 Å². The topological polar surface area (TPSA) is 48.3 Å². The maximum absolute atomic E-state index is 11.1. The van der Waals surface area contributed by atoms with Crippen molar-refractivity contribution in [3.8, 4) is 0 Å². The third-order valence-corrected chi connectivity index (χ3v) is 3.81. The third-order valence-electron chi connectivity index (χ3n) is 2.51. The van der Waals surface area contributed by atoms with Gasteiger partial charge in [-0.15, -0.1) is 0 Å². The van der Waals surface area contributed by atoms with Gasteiger partial charge in [-0.25, -0.2) is 10.0 Å². The van der Waals surface area contributed by atoms with Crippen LogP contribution in [0.1, 0.15) is 5.56 Å². The van der Waals surface area contributed by atoms with E-state index in [-0.39, 0.29) is 0 Å². The maximum atomic E-state index is 11.1. The molecule has 5 nitrogen and oxygen atoms in total. The van der Waals surface area contributed by atoms with Gasteiger partial charge >= 0.3 is 0 Å². The quantitative estimate of drug-likeness (QED) is 0.614. The predicted octanol–water partition coefficient (Wildman–Crippen LogP) is 2.90. The van der Waals surface area contributed by atoms with Crippen LogP contribution in [0.15, 0.2) is 33.1 Å². The highest BCUT2D eigenvalue weighted by Gasteiger charge is 2.29. The van der Waals surface area contributed by atoms with Crippen molar-refractivity contribution in [2.75, 3.05) is 12.1 Å². The molecule has 0 saturated carbocycles. The summed E-state index contributed by atoms with van der Waals surface area (Å²) in [6.07, 6.45) is 0.334. The fraction of sp³-hybridized carbons (Fsp3) is 0.300. The molecule has 7 heteroatoms. The molecule has 1 aliphatic heterocycles. The van der Waals surface area contributed by atoms with Crippen molar-refractivity contribution in [1.29, 1.82) is 0 Å². The lowest BCUT2D eigenvalue weighted by Crippen LogP contribution is -2.38. The zero-order valence-electron chi connectivity index (χ0n) is 9.05. The number of hydrogen-bond acceptors (Lipinski definition) is 5. The van der Waals surface area contributed by atoms with E-state index in [1.54, 1.807) is 12.1 Å². The van der Waals surface area contributed by atoms with Gasteiger partial charge in [-0.05, 0) is 17.4 Å². The van der Waals surface area contributed by atoms with E-state index in [2.05, 4.69) is 42.3 Å². The Hall–Kier alpha value is -0.950. The van der Waals surface area contributed by atoms with Gasteiger partial charge in [0, 0.05) is 22.4 Å². The summed E-state index contributed by atoms with van der Waals surface area (Å²) in [5.74, 6) is 0. The molecule has 1 atom stereocenters. The van der Waals surface area contributed by atoms with Gasteiger partial charge in [-0.3, -0.25) is 4.79 Å². The van der Waals surface area contributed by atoms with Crippen LogP contribution in [-0.2, 0) is 10.1 Å². The zero-order chi connectivity index (χ0) is 12.4. The maximum Gasteiger partial charge on any atom is 0.197 e. The van der Waals surface area contributed by atoms with Crippen LogP contribution in [0.25, 0.3) is 0 Å². The second-order valence-corrected chi connectivity index (χ2v) is 4.93. The first-order valence-corrected chi connectivity index (χ1v) is 6.82. The van der Waals surface area contributed by atoms with Crippen LogP contribution in [0, 0.1) is 0 Å². The van der Waals surface area contributed by atoms with Gasteiger partial charge in [0.05, 0.1) is 5.69 Å². The van der Waals surface area contributed by atoms with Crippen LogP contribution in [0.5, 0.6) is 0 Å². The van der Waals surface area contributed by atoms with E-state index in [1.165, 1.54) is 5.01 Å². The smallest absolute Gasteiger partial charge is 0.197 e. The summed E-state index contributed by atoms with van der Waals surface area (Å²) >= 11 is 6.91. The van der Waals surface area contributed by atoms with Crippen LogP contribution < -0.4 is 5.01 Å². The Bertz CT molecular complexity index is 466. The molecule has 0 bridgehead atoms. The molecule has 90 valence electrons. The number of rotatable bonds is 3. The van der Waals surface area contributed by atoms with Crippen LogP contribution >= 0.6 is 31.9 Å². The molecular weight excluding hydrogens is 352 g/mol. The monoisotopic (exact) mass is 360 g/mol. The van der Waals surface area contributed by atoms with E-state index in [4.69, 9.17) is 0 Å². The van der Waals surface area contributed by atoms with Crippen molar-refractivity contribution in [1.82, 2.24) is 5.01 Å². The first-order valence-electron chi connectivity index (χ1n) is 4.91. The van der Waals surface area contributed by atoms with Crippen molar-refractivity contribution >= 4 is 43.8 Å².